The number of methoxy groups -OCH3 is 1. The van der Waals surface area contributed by atoms with Crippen molar-refractivity contribution in [3.8, 4) is 11.8 Å². The first-order valence-corrected chi connectivity index (χ1v) is 6.51. The molecule has 0 amide bonds. The monoisotopic (exact) mass is 254 g/mol. The van der Waals surface area contributed by atoms with Gasteiger partial charge in [0.2, 0.25) is 10.0 Å². The van der Waals surface area contributed by atoms with Gasteiger partial charge in [0, 0.05) is 13.0 Å². The Bertz CT molecular complexity index is 532. The number of benzene rings is 1. The zero-order valence-electron chi connectivity index (χ0n) is 9.73. The highest BCUT2D eigenvalue weighted by Gasteiger charge is 2.16. The minimum absolute atomic E-state index is 0.115. The van der Waals surface area contributed by atoms with E-state index in [2.05, 4.69) is 4.72 Å². The van der Waals surface area contributed by atoms with Crippen LogP contribution in [0, 0.1) is 18.3 Å². The molecule has 17 heavy (non-hydrogen) atoms. The second-order valence-electron chi connectivity index (χ2n) is 3.44. The van der Waals surface area contributed by atoms with Crippen LogP contribution in [-0.4, -0.2) is 22.1 Å². The lowest BCUT2D eigenvalue weighted by Crippen LogP contribution is -2.25. The molecule has 1 N–H and O–H groups in total. The molecule has 0 unspecified atom stereocenters. The van der Waals surface area contributed by atoms with Gasteiger partial charge < -0.3 is 4.74 Å². The lowest BCUT2D eigenvalue weighted by atomic mass is 10.2. The summed E-state index contributed by atoms with van der Waals surface area (Å²) in [6, 6.07) is 6.61. The molecule has 5 nitrogen and oxygen atoms in total. The minimum Gasteiger partial charge on any atom is -0.497 e. The van der Waals surface area contributed by atoms with E-state index in [4.69, 9.17) is 10.00 Å². The van der Waals surface area contributed by atoms with Crippen LogP contribution in [0.25, 0.3) is 0 Å². The SMILES string of the molecule is COc1ccc(S(=O)(=O)NCCC#N)c(C)c1. The zero-order chi connectivity index (χ0) is 12.9. The van der Waals surface area contributed by atoms with Crippen molar-refractivity contribution in [2.24, 2.45) is 0 Å². The van der Waals surface area contributed by atoms with E-state index in [0.29, 0.717) is 11.3 Å². The first kappa shape index (κ1) is 13.5. The molecule has 0 radical (unpaired) electrons. The predicted octanol–water partition coefficient (Wildman–Crippen LogP) is 1.20. The Morgan fingerprint density at radius 2 is 2.18 bits per heavy atom. The number of hydrogen-bond acceptors (Lipinski definition) is 4. The number of nitriles is 1. The summed E-state index contributed by atoms with van der Waals surface area (Å²) >= 11 is 0. The number of nitrogens with zero attached hydrogens (tertiary/aromatic N) is 1. The van der Waals surface area contributed by atoms with Gasteiger partial charge in [0.1, 0.15) is 5.75 Å². The fourth-order valence-corrected chi connectivity index (χ4v) is 2.63. The summed E-state index contributed by atoms with van der Waals surface area (Å²) in [5.41, 5.74) is 0.605. The van der Waals surface area contributed by atoms with Crippen molar-refractivity contribution in [1.29, 1.82) is 5.26 Å². The van der Waals surface area contributed by atoms with E-state index in [1.807, 2.05) is 6.07 Å². The van der Waals surface area contributed by atoms with Gasteiger partial charge in [-0.05, 0) is 30.7 Å². The summed E-state index contributed by atoms with van der Waals surface area (Å²) in [6.45, 7) is 1.81. The third kappa shape index (κ3) is 3.44. The molecule has 6 heteroatoms. The van der Waals surface area contributed by atoms with Crippen LogP contribution in [0.3, 0.4) is 0 Å². The molecule has 0 fully saturated rings. The predicted molar refractivity (Wildman–Crippen MR) is 63.1 cm³/mol. The molecular formula is C11H14N2O3S. The average molecular weight is 254 g/mol. The molecule has 0 saturated heterocycles. The van der Waals surface area contributed by atoms with E-state index in [0.717, 1.165) is 0 Å². The Morgan fingerprint density at radius 3 is 2.71 bits per heavy atom. The summed E-state index contributed by atoms with van der Waals surface area (Å²) in [5, 5.41) is 8.36. The third-order valence-corrected chi connectivity index (χ3v) is 3.82. The van der Waals surface area contributed by atoms with Gasteiger partial charge in [-0.25, -0.2) is 13.1 Å². The molecule has 0 spiro atoms. The molecule has 1 aromatic carbocycles. The molecule has 0 heterocycles. The minimum atomic E-state index is -3.54. The lowest BCUT2D eigenvalue weighted by Gasteiger charge is -2.09. The maximum absolute atomic E-state index is 11.9. The fourth-order valence-electron chi connectivity index (χ4n) is 1.37. The lowest BCUT2D eigenvalue weighted by molar-refractivity contribution is 0.414. The van der Waals surface area contributed by atoms with Crippen molar-refractivity contribution in [1.82, 2.24) is 4.72 Å². The summed E-state index contributed by atoms with van der Waals surface area (Å²) in [7, 11) is -2.02. The molecule has 0 aliphatic heterocycles. The molecule has 1 rings (SSSR count). The van der Waals surface area contributed by atoms with Crippen molar-refractivity contribution in [3.05, 3.63) is 23.8 Å². The molecular weight excluding hydrogens is 240 g/mol. The highest BCUT2D eigenvalue weighted by molar-refractivity contribution is 7.89. The molecule has 0 saturated carbocycles. The van der Waals surface area contributed by atoms with Crippen molar-refractivity contribution in [3.63, 3.8) is 0 Å². The Hall–Kier alpha value is -1.58. The maximum Gasteiger partial charge on any atom is 0.240 e. The van der Waals surface area contributed by atoms with Crippen LogP contribution >= 0.6 is 0 Å². The van der Waals surface area contributed by atoms with E-state index < -0.39 is 10.0 Å². The van der Waals surface area contributed by atoms with Crippen LogP contribution in [0.4, 0.5) is 0 Å². The third-order valence-electron chi connectivity index (χ3n) is 2.20. The topological polar surface area (TPSA) is 79.2 Å². The second kappa shape index (κ2) is 5.66. The summed E-state index contributed by atoms with van der Waals surface area (Å²) < 4.78 is 31.1. The number of ether oxygens (including phenoxy) is 1. The molecule has 0 aromatic heterocycles. The van der Waals surface area contributed by atoms with Gasteiger partial charge in [0.15, 0.2) is 0 Å². The Balaban J connectivity index is 2.96. The first-order valence-electron chi connectivity index (χ1n) is 5.02. The number of hydrogen-bond donors (Lipinski definition) is 1. The smallest absolute Gasteiger partial charge is 0.240 e. The second-order valence-corrected chi connectivity index (χ2v) is 5.17. The summed E-state index contributed by atoms with van der Waals surface area (Å²) in [6.07, 6.45) is 0.147. The Labute approximate surface area is 101 Å². The maximum atomic E-state index is 11.9. The van der Waals surface area contributed by atoms with E-state index >= 15 is 0 Å². The van der Waals surface area contributed by atoms with Crippen LogP contribution in [0.1, 0.15) is 12.0 Å². The van der Waals surface area contributed by atoms with E-state index in [9.17, 15) is 8.42 Å². The quantitative estimate of drug-likeness (QED) is 0.801. The Kier molecular flexibility index (Phi) is 4.49. The van der Waals surface area contributed by atoms with Crippen molar-refractivity contribution in [2.75, 3.05) is 13.7 Å². The number of sulfonamides is 1. The van der Waals surface area contributed by atoms with Crippen molar-refractivity contribution < 1.29 is 13.2 Å². The van der Waals surface area contributed by atoms with E-state index in [1.54, 1.807) is 19.1 Å². The molecule has 0 bridgehead atoms. The van der Waals surface area contributed by atoms with Crippen LogP contribution in [0.15, 0.2) is 23.1 Å². The highest BCUT2D eigenvalue weighted by Crippen LogP contribution is 2.20. The zero-order valence-corrected chi connectivity index (χ0v) is 10.5. The van der Waals surface area contributed by atoms with Gasteiger partial charge >= 0.3 is 0 Å². The van der Waals surface area contributed by atoms with Gasteiger partial charge in [-0.2, -0.15) is 5.26 Å². The van der Waals surface area contributed by atoms with E-state index in [-0.39, 0.29) is 17.9 Å². The van der Waals surface area contributed by atoms with Crippen LogP contribution < -0.4 is 9.46 Å². The van der Waals surface area contributed by atoms with E-state index in [1.165, 1.54) is 13.2 Å². The summed E-state index contributed by atoms with van der Waals surface area (Å²) in [4.78, 5) is 0.205. The van der Waals surface area contributed by atoms with Gasteiger partial charge in [-0.15, -0.1) is 0 Å². The largest absolute Gasteiger partial charge is 0.497 e. The number of aryl methyl sites for hydroxylation is 1. The molecule has 0 aliphatic carbocycles. The highest BCUT2D eigenvalue weighted by atomic mass is 32.2. The summed E-state index contributed by atoms with van der Waals surface area (Å²) in [5.74, 6) is 0.610. The molecule has 1 aromatic rings. The molecule has 0 aliphatic rings. The van der Waals surface area contributed by atoms with Gasteiger partial charge in [0.05, 0.1) is 18.1 Å². The van der Waals surface area contributed by atoms with Gasteiger partial charge in [0.25, 0.3) is 0 Å². The average Bonchev–Trinajstić information content (AvgIpc) is 2.28. The van der Waals surface area contributed by atoms with Gasteiger partial charge in [-0.1, -0.05) is 0 Å². The van der Waals surface area contributed by atoms with Crippen molar-refractivity contribution in [2.45, 2.75) is 18.2 Å². The first-order chi connectivity index (χ1) is 8.01. The van der Waals surface area contributed by atoms with Gasteiger partial charge in [-0.3, -0.25) is 0 Å². The number of rotatable bonds is 5. The van der Waals surface area contributed by atoms with Crippen molar-refractivity contribution >= 4 is 10.0 Å². The van der Waals surface area contributed by atoms with Crippen LogP contribution in [0.5, 0.6) is 5.75 Å². The number of nitrogens with one attached hydrogen (secondary N) is 1. The Morgan fingerprint density at radius 1 is 1.47 bits per heavy atom. The molecule has 0 atom stereocenters. The van der Waals surface area contributed by atoms with Crippen LogP contribution in [-0.2, 0) is 10.0 Å². The normalized spacial score (nSPS) is 10.9. The fraction of sp³-hybridized carbons (Fsp3) is 0.364. The molecule has 92 valence electrons. The standard InChI is InChI=1S/C11H14N2O3S/c1-9-8-10(16-2)4-5-11(9)17(14,15)13-7-3-6-12/h4-5,8,13H,3,7H2,1-2H3. The van der Waals surface area contributed by atoms with Crippen LogP contribution in [0.2, 0.25) is 0 Å².